The summed E-state index contributed by atoms with van der Waals surface area (Å²) in [5.41, 5.74) is 0. The van der Waals surface area contributed by atoms with Crippen LogP contribution in [-0.2, 0) is 0 Å². The molecule has 1 fully saturated rings. The van der Waals surface area contributed by atoms with Crippen molar-refractivity contribution in [2.45, 2.75) is 46.6 Å². The average molecular weight is 286 g/mol. The van der Waals surface area contributed by atoms with Crippen LogP contribution in [0.5, 0.6) is 0 Å². The molecule has 1 heterocycles. The van der Waals surface area contributed by atoms with E-state index in [1.54, 1.807) is 0 Å². The maximum absolute atomic E-state index is 5.61. The van der Waals surface area contributed by atoms with Crippen molar-refractivity contribution in [1.29, 1.82) is 0 Å². The van der Waals surface area contributed by atoms with E-state index in [9.17, 15) is 0 Å². The molecule has 0 aromatic rings. The van der Waals surface area contributed by atoms with Crippen LogP contribution in [0.15, 0.2) is 0 Å². The van der Waals surface area contributed by atoms with Crippen LogP contribution in [0.4, 0.5) is 0 Å². The van der Waals surface area contributed by atoms with Crippen molar-refractivity contribution in [1.82, 2.24) is 14.7 Å². The summed E-state index contributed by atoms with van der Waals surface area (Å²) in [6, 6.07) is 0.479. The second-order valence-electron chi connectivity index (χ2n) is 6.35. The zero-order chi connectivity index (χ0) is 14.4. The summed E-state index contributed by atoms with van der Waals surface area (Å²) in [7, 11) is 2.11. The van der Waals surface area contributed by atoms with Crippen molar-refractivity contribution in [3.05, 3.63) is 0 Å². The third kappa shape index (κ3) is 5.65. The molecule has 1 aliphatic rings. The lowest BCUT2D eigenvalue weighted by atomic mass is 10.1. The molecule has 0 atom stereocenters. The van der Waals surface area contributed by atoms with Crippen molar-refractivity contribution >= 4 is 17.3 Å². The third-order valence-corrected chi connectivity index (χ3v) is 4.50. The minimum absolute atomic E-state index is 0.479. The summed E-state index contributed by atoms with van der Waals surface area (Å²) < 4.78 is 0. The standard InChI is InChI=1S/C15H31N3S/c1-13(2)7-10-17-8-6-9-18(12-11-17)15(19)16(5)14(3)4/h13-14H,6-12H2,1-5H3. The predicted octanol–water partition coefficient (Wildman–Crippen LogP) is 2.67. The lowest BCUT2D eigenvalue weighted by Gasteiger charge is -2.33. The van der Waals surface area contributed by atoms with Crippen molar-refractivity contribution in [3.63, 3.8) is 0 Å². The zero-order valence-corrected chi connectivity index (χ0v) is 14.2. The van der Waals surface area contributed by atoms with Gasteiger partial charge in [-0.15, -0.1) is 0 Å². The summed E-state index contributed by atoms with van der Waals surface area (Å²) in [5, 5.41) is 1.01. The molecular formula is C15H31N3S. The third-order valence-electron chi connectivity index (χ3n) is 3.96. The first-order valence-electron chi connectivity index (χ1n) is 7.66. The van der Waals surface area contributed by atoms with Gasteiger partial charge in [-0.1, -0.05) is 13.8 Å². The highest BCUT2D eigenvalue weighted by atomic mass is 32.1. The number of thiocarbonyl (C=S) groups is 1. The van der Waals surface area contributed by atoms with E-state index in [0.717, 1.165) is 30.7 Å². The Labute approximate surface area is 124 Å². The topological polar surface area (TPSA) is 9.72 Å². The molecule has 0 aliphatic carbocycles. The van der Waals surface area contributed by atoms with E-state index in [4.69, 9.17) is 12.2 Å². The quantitative estimate of drug-likeness (QED) is 0.734. The molecule has 0 unspecified atom stereocenters. The molecule has 1 saturated heterocycles. The summed E-state index contributed by atoms with van der Waals surface area (Å²) in [6.45, 7) is 14.8. The van der Waals surface area contributed by atoms with E-state index in [-0.39, 0.29) is 0 Å². The fraction of sp³-hybridized carbons (Fsp3) is 0.933. The van der Waals surface area contributed by atoms with Crippen molar-refractivity contribution in [3.8, 4) is 0 Å². The number of rotatable bonds is 4. The molecule has 0 spiro atoms. The van der Waals surface area contributed by atoms with Gasteiger partial charge in [-0.2, -0.15) is 0 Å². The number of nitrogens with zero attached hydrogens (tertiary/aromatic N) is 3. The van der Waals surface area contributed by atoms with Crippen LogP contribution < -0.4 is 0 Å². The minimum atomic E-state index is 0.479. The van der Waals surface area contributed by atoms with Gasteiger partial charge in [0.15, 0.2) is 5.11 Å². The fourth-order valence-corrected chi connectivity index (χ4v) is 2.66. The van der Waals surface area contributed by atoms with Crippen molar-refractivity contribution < 1.29 is 0 Å². The minimum Gasteiger partial charge on any atom is -0.350 e. The largest absolute Gasteiger partial charge is 0.350 e. The predicted molar refractivity (Wildman–Crippen MR) is 87.6 cm³/mol. The first kappa shape index (κ1) is 16.7. The summed E-state index contributed by atoms with van der Waals surface area (Å²) >= 11 is 5.61. The highest BCUT2D eigenvalue weighted by Gasteiger charge is 2.19. The normalized spacial score (nSPS) is 17.9. The fourth-order valence-electron chi connectivity index (χ4n) is 2.27. The smallest absolute Gasteiger partial charge is 0.171 e. The van der Waals surface area contributed by atoms with E-state index in [1.807, 2.05) is 0 Å². The van der Waals surface area contributed by atoms with Gasteiger partial charge in [0.25, 0.3) is 0 Å². The molecule has 0 amide bonds. The van der Waals surface area contributed by atoms with Crippen molar-refractivity contribution in [2.75, 3.05) is 39.8 Å². The molecule has 0 N–H and O–H groups in total. The zero-order valence-electron chi connectivity index (χ0n) is 13.4. The molecule has 1 aliphatic heterocycles. The summed E-state index contributed by atoms with van der Waals surface area (Å²) in [6.07, 6.45) is 2.53. The van der Waals surface area contributed by atoms with E-state index >= 15 is 0 Å². The maximum atomic E-state index is 5.61. The Bertz CT molecular complexity index is 279. The molecule has 0 radical (unpaired) electrons. The van der Waals surface area contributed by atoms with Gasteiger partial charge in [-0.25, -0.2) is 0 Å². The van der Waals surface area contributed by atoms with Crippen LogP contribution in [0.3, 0.4) is 0 Å². The van der Waals surface area contributed by atoms with Gasteiger partial charge in [0, 0.05) is 32.7 Å². The Morgan fingerprint density at radius 3 is 2.37 bits per heavy atom. The second-order valence-corrected chi connectivity index (χ2v) is 6.72. The monoisotopic (exact) mass is 285 g/mol. The summed E-state index contributed by atoms with van der Waals surface area (Å²) in [4.78, 5) is 7.18. The second kappa shape index (κ2) is 8.05. The van der Waals surface area contributed by atoms with E-state index < -0.39 is 0 Å². The van der Waals surface area contributed by atoms with Gasteiger partial charge in [-0.05, 0) is 57.9 Å². The van der Waals surface area contributed by atoms with Crippen LogP contribution >= 0.6 is 12.2 Å². The molecule has 0 aromatic carbocycles. The summed E-state index contributed by atoms with van der Waals surface area (Å²) in [5.74, 6) is 0.799. The van der Waals surface area contributed by atoms with Gasteiger partial charge >= 0.3 is 0 Å². The molecule has 0 aromatic heterocycles. The van der Waals surface area contributed by atoms with Gasteiger partial charge in [0.05, 0.1) is 0 Å². The Kier molecular flexibility index (Phi) is 7.08. The van der Waals surface area contributed by atoms with Crippen LogP contribution in [0.25, 0.3) is 0 Å². The van der Waals surface area contributed by atoms with Gasteiger partial charge in [0.1, 0.15) is 0 Å². The van der Waals surface area contributed by atoms with E-state index in [2.05, 4.69) is 49.4 Å². The van der Waals surface area contributed by atoms with Crippen LogP contribution in [-0.4, -0.2) is 65.6 Å². The molecule has 19 heavy (non-hydrogen) atoms. The highest BCUT2D eigenvalue weighted by Crippen LogP contribution is 2.10. The molecule has 1 rings (SSSR count). The van der Waals surface area contributed by atoms with E-state index in [1.165, 1.54) is 25.9 Å². The number of hydrogen-bond acceptors (Lipinski definition) is 2. The lowest BCUT2D eigenvalue weighted by molar-refractivity contribution is 0.264. The molecule has 112 valence electrons. The SMILES string of the molecule is CC(C)CCN1CCCN(C(=S)N(C)C(C)C)CC1. The first-order chi connectivity index (χ1) is 8.91. The number of hydrogen-bond donors (Lipinski definition) is 0. The molecule has 4 heteroatoms. The van der Waals surface area contributed by atoms with Crippen LogP contribution in [0.2, 0.25) is 0 Å². The molecule has 0 saturated carbocycles. The lowest BCUT2D eigenvalue weighted by Crippen LogP contribution is -2.45. The van der Waals surface area contributed by atoms with Crippen LogP contribution in [0, 0.1) is 5.92 Å². The average Bonchev–Trinajstić information content (AvgIpc) is 2.59. The van der Waals surface area contributed by atoms with Crippen molar-refractivity contribution in [2.24, 2.45) is 5.92 Å². The van der Waals surface area contributed by atoms with E-state index in [0.29, 0.717) is 6.04 Å². The first-order valence-corrected chi connectivity index (χ1v) is 8.06. The Morgan fingerprint density at radius 1 is 1.11 bits per heavy atom. The van der Waals surface area contributed by atoms with Gasteiger partial charge < -0.3 is 14.7 Å². The Hall–Kier alpha value is -0.350. The van der Waals surface area contributed by atoms with Gasteiger partial charge in [-0.3, -0.25) is 0 Å². The van der Waals surface area contributed by atoms with Crippen LogP contribution in [0.1, 0.15) is 40.5 Å². The molecular weight excluding hydrogens is 254 g/mol. The molecule has 0 bridgehead atoms. The van der Waals surface area contributed by atoms with Gasteiger partial charge in [0.2, 0.25) is 0 Å². The maximum Gasteiger partial charge on any atom is 0.171 e. The molecule has 3 nitrogen and oxygen atoms in total. The Morgan fingerprint density at radius 2 is 1.79 bits per heavy atom. The highest BCUT2D eigenvalue weighted by molar-refractivity contribution is 7.80. The Balaban J connectivity index is 2.43.